The molecule has 0 radical (unpaired) electrons. The molecule has 1 saturated heterocycles. The van der Waals surface area contributed by atoms with Crippen LogP contribution in [0.3, 0.4) is 0 Å². The highest BCUT2D eigenvalue weighted by atomic mass is 16.5. The zero-order valence-electron chi connectivity index (χ0n) is 15.2. The zero-order chi connectivity index (χ0) is 17.2. The summed E-state index contributed by atoms with van der Waals surface area (Å²) in [6.45, 7) is 2.26. The molecular weight excluding hydrogens is 312 g/mol. The summed E-state index contributed by atoms with van der Waals surface area (Å²) in [5.74, 6) is 1.76. The molecule has 1 aromatic rings. The molecule has 1 heterocycles. The Hall–Kier alpha value is -1.10. The summed E-state index contributed by atoms with van der Waals surface area (Å²) in [6.07, 6.45) is 7.37. The van der Waals surface area contributed by atoms with E-state index in [0.29, 0.717) is 0 Å². The van der Waals surface area contributed by atoms with Gasteiger partial charge in [-0.3, -0.25) is 4.90 Å². The lowest BCUT2D eigenvalue weighted by Crippen LogP contribution is -2.74. The van der Waals surface area contributed by atoms with Crippen LogP contribution in [0.15, 0.2) is 18.2 Å². The third-order valence-electron chi connectivity index (χ3n) is 7.59. The van der Waals surface area contributed by atoms with E-state index in [1.54, 1.807) is 7.11 Å². The molecule has 0 amide bonds. The van der Waals surface area contributed by atoms with Gasteiger partial charge >= 0.3 is 0 Å². The largest absolute Gasteiger partial charge is 0.497 e. The van der Waals surface area contributed by atoms with Crippen LogP contribution in [0.2, 0.25) is 0 Å². The van der Waals surface area contributed by atoms with Crippen molar-refractivity contribution in [1.29, 1.82) is 0 Å². The summed E-state index contributed by atoms with van der Waals surface area (Å²) >= 11 is 0. The van der Waals surface area contributed by atoms with Crippen molar-refractivity contribution in [2.24, 2.45) is 11.7 Å². The van der Waals surface area contributed by atoms with Gasteiger partial charge in [0, 0.05) is 24.0 Å². The maximum absolute atomic E-state index is 12.1. The lowest BCUT2D eigenvalue weighted by atomic mass is 9.49. The molecule has 5 rings (SSSR count). The fourth-order valence-corrected chi connectivity index (χ4v) is 6.11. The van der Waals surface area contributed by atoms with Crippen molar-refractivity contribution in [1.82, 2.24) is 4.90 Å². The molecule has 0 spiro atoms. The Labute approximate surface area is 150 Å². The van der Waals surface area contributed by atoms with Crippen LogP contribution in [-0.4, -0.2) is 47.9 Å². The van der Waals surface area contributed by atoms with E-state index in [1.807, 2.05) is 0 Å². The average Bonchev–Trinajstić information content (AvgIpc) is 3.42. The zero-order valence-corrected chi connectivity index (χ0v) is 15.2. The van der Waals surface area contributed by atoms with E-state index in [-0.39, 0.29) is 17.5 Å². The van der Waals surface area contributed by atoms with Gasteiger partial charge in [0.15, 0.2) is 0 Å². The average molecular weight is 342 g/mol. The number of nitrogens with zero attached hydrogens (tertiary/aromatic N) is 1. The number of likely N-dealkylation sites (tertiary alicyclic amines) is 1. The number of rotatable bonds is 3. The molecule has 25 heavy (non-hydrogen) atoms. The molecule has 1 aliphatic heterocycles. The number of hydrogen-bond acceptors (Lipinski definition) is 4. The normalized spacial score (nSPS) is 40.3. The molecular formula is C21H30N2O2. The van der Waals surface area contributed by atoms with Crippen LogP contribution in [0.25, 0.3) is 0 Å². The summed E-state index contributed by atoms with van der Waals surface area (Å²) in [7, 11) is 1.72. The predicted molar refractivity (Wildman–Crippen MR) is 97.9 cm³/mol. The second kappa shape index (κ2) is 5.45. The number of ether oxygens (including phenoxy) is 1. The third-order valence-corrected chi connectivity index (χ3v) is 7.59. The summed E-state index contributed by atoms with van der Waals surface area (Å²) < 4.78 is 5.51. The minimum Gasteiger partial charge on any atom is -0.497 e. The van der Waals surface area contributed by atoms with Gasteiger partial charge in [0.2, 0.25) is 0 Å². The van der Waals surface area contributed by atoms with Gasteiger partial charge in [-0.1, -0.05) is 6.07 Å². The van der Waals surface area contributed by atoms with Gasteiger partial charge in [0.25, 0.3) is 0 Å². The number of fused-ring (bicyclic) bond motifs is 1. The van der Waals surface area contributed by atoms with Crippen molar-refractivity contribution >= 4 is 0 Å². The smallest absolute Gasteiger partial charge is 0.119 e. The van der Waals surface area contributed by atoms with Crippen LogP contribution in [-0.2, 0) is 11.8 Å². The van der Waals surface area contributed by atoms with Crippen LogP contribution in [0.1, 0.15) is 49.7 Å². The minimum atomic E-state index is -0.643. The van der Waals surface area contributed by atoms with Crippen molar-refractivity contribution in [2.45, 2.75) is 68.0 Å². The topological polar surface area (TPSA) is 58.7 Å². The molecule has 4 atom stereocenters. The van der Waals surface area contributed by atoms with Crippen LogP contribution in [0.4, 0.5) is 0 Å². The Balaban J connectivity index is 1.63. The summed E-state index contributed by atoms with van der Waals surface area (Å²) in [5, 5.41) is 12.1. The Kier molecular flexibility index (Phi) is 3.51. The first-order valence-corrected chi connectivity index (χ1v) is 9.95. The SMILES string of the molecule is COc1ccc2c(c1)[C@]13CCN(CC4CC4)[C@H](C2)[C@]1(O)CC[C@@H](N)C3. The number of methoxy groups -OCH3 is 1. The molecule has 4 nitrogen and oxygen atoms in total. The van der Waals surface area contributed by atoms with E-state index in [9.17, 15) is 5.11 Å². The summed E-state index contributed by atoms with van der Waals surface area (Å²) in [6, 6.07) is 6.92. The van der Waals surface area contributed by atoms with Crippen LogP contribution >= 0.6 is 0 Å². The number of nitrogens with two attached hydrogens (primary N) is 1. The highest BCUT2D eigenvalue weighted by Gasteiger charge is 2.64. The number of hydrogen-bond donors (Lipinski definition) is 2. The van der Waals surface area contributed by atoms with Gasteiger partial charge in [-0.25, -0.2) is 0 Å². The standard InChI is InChI=1S/C21H30N2O2/c1-25-17-5-4-15-10-19-21(24)7-6-16(22)12-20(21,18(15)11-17)8-9-23(19)13-14-2-3-14/h4-5,11,14,16,19,24H,2-3,6-10,12-13,22H2,1H3/t16-,19-,20-,21-/m1/s1. The molecule has 0 aromatic heterocycles. The van der Waals surface area contributed by atoms with Crippen molar-refractivity contribution in [3.8, 4) is 5.75 Å². The van der Waals surface area contributed by atoms with Crippen LogP contribution < -0.4 is 10.5 Å². The van der Waals surface area contributed by atoms with E-state index >= 15 is 0 Å². The van der Waals surface area contributed by atoms with Crippen molar-refractivity contribution in [3.63, 3.8) is 0 Å². The molecule has 3 fully saturated rings. The number of aliphatic hydroxyl groups is 1. The van der Waals surface area contributed by atoms with Gasteiger partial charge in [0.1, 0.15) is 5.75 Å². The molecule has 1 aromatic carbocycles. The molecule has 3 aliphatic carbocycles. The second-order valence-corrected chi connectivity index (χ2v) is 8.94. The maximum Gasteiger partial charge on any atom is 0.119 e. The molecule has 136 valence electrons. The van der Waals surface area contributed by atoms with Gasteiger partial charge in [-0.2, -0.15) is 0 Å². The Morgan fingerprint density at radius 3 is 2.88 bits per heavy atom. The Morgan fingerprint density at radius 1 is 1.28 bits per heavy atom. The van der Waals surface area contributed by atoms with E-state index in [4.69, 9.17) is 10.5 Å². The molecule has 4 aliphatic rings. The van der Waals surface area contributed by atoms with Crippen LogP contribution in [0, 0.1) is 5.92 Å². The molecule has 4 heteroatoms. The third kappa shape index (κ3) is 2.23. The summed E-state index contributed by atoms with van der Waals surface area (Å²) in [4.78, 5) is 2.61. The van der Waals surface area contributed by atoms with Crippen molar-refractivity contribution in [3.05, 3.63) is 29.3 Å². The Morgan fingerprint density at radius 2 is 2.12 bits per heavy atom. The fraction of sp³-hybridized carbons (Fsp3) is 0.714. The first-order chi connectivity index (χ1) is 12.1. The Bertz CT molecular complexity index is 688. The molecule has 2 bridgehead atoms. The molecule has 0 unspecified atom stereocenters. The lowest BCUT2D eigenvalue weighted by Gasteiger charge is -2.64. The van der Waals surface area contributed by atoms with E-state index in [2.05, 4.69) is 23.1 Å². The van der Waals surface area contributed by atoms with Crippen molar-refractivity contribution < 1.29 is 9.84 Å². The number of benzene rings is 1. The van der Waals surface area contributed by atoms with Gasteiger partial charge < -0.3 is 15.6 Å². The quantitative estimate of drug-likeness (QED) is 0.884. The van der Waals surface area contributed by atoms with E-state index in [0.717, 1.165) is 50.3 Å². The maximum atomic E-state index is 12.1. The summed E-state index contributed by atoms with van der Waals surface area (Å²) in [5.41, 5.74) is 8.29. The molecule has 3 N–H and O–H groups in total. The van der Waals surface area contributed by atoms with Crippen LogP contribution in [0.5, 0.6) is 5.75 Å². The number of piperidine rings is 1. The lowest BCUT2D eigenvalue weighted by molar-refractivity contribution is -0.169. The minimum absolute atomic E-state index is 0.188. The van der Waals surface area contributed by atoms with E-state index < -0.39 is 5.60 Å². The van der Waals surface area contributed by atoms with Gasteiger partial charge in [0.05, 0.1) is 12.7 Å². The van der Waals surface area contributed by atoms with Crippen molar-refractivity contribution in [2.75, 3.05) is 20.2 Å². The highest BCUT2D eigenvalue weighted by Crippen LogP contribution is 2.58. The molecule has 2 saturated carbocycles. The van der Waals surface area contributed by atoms with Gasteiger partial charge in [-0.05, 0) is 80.7 Å². The highest BCUT2D eigenvalue weighted by molar-refractivity contribution is 5.48. The monoisotopic (exact) mass is 342 g/mol. The van der Waals surface area contributed by atoms with E-state index in [1.165, 1.54) is 30.5 Å². The fourth-order valence-electron chi connectivity index (χ4n) is 6.11. The van der Waals surface area contributed by atoms with Gasteiger partial charge in [-0.15, -0.1) is 0 Å². The first kappa shape index (κ1) is 16.1. The predicted octanol–water partition coefficient (Wildman–Crippen LogP) is 2.22. The first-order valence-electron chi connectivity index (χ1n) is 9.95. The second-order valence-electron chi connectivity index (χ2n) is 8.94.